The molecule has 1 aliphatic carbocycles. The zero-order chi connectivity index (χ0) is 20.1. The molecule has 1 heterocycles. The van der Waals surface area contributed by atoms with Crippen molar-refractivity contribution < 1.29 is 5.11 Å². The van der Waals surface area contributed by atoms with Crippen LogP contribution in [0.2, 0.25) is 0 Å². The molecule has 1 aromatic carbocycles. The van der Waals surface area contributed by atoms with Gasteiger partial charge < -0.3 is 15.7 Å². The summed E-state index contributed by atoms with van der Waals surface area (Å²) in [7, 11) is 0. The second kappa shape index (κ2) is 8.57. The number of nitrogens with zero attached hydrogens (tertiary/aromatic N) is 3. The van der Waals surface area contributed by atoms with Crippen LogP contribution in [0.15, 0.2) is 30.5 Å². The first kappa shape index (κ1) is 20.1. The predicted molar refractivity (Wildman–Crippen MR) is 111 cm³/mol. The van der Waals surface area contributed by atoms with Gasteiger partial charge in [-0.1, -0.05) is 38.1 Å². The SMILES string of the molecule is Cc1ccccc1CCNc1ncc(C#N)c(N[C@@H]2CC[C@H](O)C(C)(C)C2)n1. The molecule has 6 nitrogen and oxygen atoms in total. The second-order valence-electron chi connectivity index (χ2n) is 8.30. The Bertz CT molecular complexity index is 858. The summed E-state index contributed by atoms with van der Waals surface area (Å²) >= 11 is 0. The molecule has 1 saturated carbocycles. The molecule has 1 aromatic heterocycles. The zero-order valence-electron chi connectivity index (χ0n) is 16.9. The molecule has 0 aliphatic heterocycles. The molecule has 0 spiro atoms. The maximum absolute atomic E-state index is 10.2. The van der Waals surface area contributed by atoms with Crippen LogP contribution in [0, 0.1) is 23.7 Å². The topological polar surface area (TPSA) is 93.9 Å². The minimum absolute atomic E-state index is 0.148. The van der Waals surface area contributed by atoms with Crippen LogP contribution >= 0.6 is 0 Å². The summed E-state index contributed by atoms with van der Waals surface area (Å²) in [6.45, 7) is 6.99. The predicted octanol–water partition coefficient (Wildman–Crippen LogP) is 3.66. The van der Waals surface area contributed by atoms with Crippen molar-refractivity contribution in [2.75, 3.05) is 17.2 Å². The van der Waals surface area contributed by atoms with Crippen LogP contribution in [-0.4, -0.2) is 33.8 Å². The monoisotopic (exact) mass is 379 g/mol. The molecule has 0 amide bonds. The number of hydrogen-bond acceptors (Lipinski definition) is 6. The van der Waals surface area contributed by atoms with E-state index in [2.05, 4.69) is 59.6 Å². The Morgan fingerprint density at radius 2 is 2.07 bits per heavy atom. The molecule has 28 heavy (non-hydrogen) atoms. The third kappa shape index (κ3) is 4.79. The maximum Gasteiger partial charge on any atom is 0.224 e. The Hall–Kier alpha value is -2.65. The van der Waals surface area contributed by atoms with Crippen LogP contribution in [0.1, 0.15) is 49.8 Å². The van der Waals surface area contributed by atoms with Crippen molar-refractivity contribution in [3.63, 3.8) is 0 Å². The van der Waals surface area contributed by atoms with Gasteiger partial charge in [-0.2, -0.15) is 10.2 Å². The normalized spacial score (nSPS) is 21.0. The summed E-state index contributed by atoms with van der Waals surface area (Å²) in [5.41, 5.74) is 2.86. The van der Waals surface area contributed by atoms with Crippen molar-refractivity contribution in [1.29, 1.82) is 5.26 Å². The number of aryl methyl sites for hydroxylation is 1. The summed E-state index contributed by atoms with van der Waals surface area (Å²) in [4.78, 5) is 8.81. The molecule has 2 atom stereocenters. The van der Waals surface area contributed by atoms with Crippen molar-refractivity contribution in [2.24, 2.45) is 5.41 Å². The number of nitriles is 1. The first-order valence-electron chi connectivity index (χ1n) is 9.89. The Morgan fingerprint density at radius 1 is 1.29 bits per heavy atom. The molecule has 148 valence electrons. The number of aromatic nitrogens is 2. The Balaban J connectivity index is 1.65. The minimum Gasteiger partial charge on any atom is -0.393 e. The summed E-state index contributed by atoms with van der Waals surface area (Å²) in [5, 5.41) is 26.2. The quantitative estimate of drug-likeness (QED) is 0.709. The van der Waals surface area contributed by atoms with Crippen molar-refractivity contribution in [1.82, 2.24) is 9.97 Å². The smallest absolute Gasteiger partial charge is 0.224 e. The molecule has 1 aliphatic rings. The fourth-order valence-electron chi connectivity index (χ4n) is 3.80. The van der Waals surface area contributed by atoms with Crippen molar-refractivity contribution in [3.05, 3.63) is 47.2 Å². The third-order valence-corrected chi connectivity index (χ3v) is 5.65. The van der Waals surface area contributed by atoms with E-state index in [-0.39, 0.29) is 17.6 Å². The Kier molecular flexibility index (Phi) is 6.15. The summed E-state index contributed by atoms with van der Waals surface area (Å²) in [6, 6.07) is 10.7. The van der Waals surface area contributed by atoms with E-state index in [9.17, 15) is 10.4 Å². The molecule has 2 aromatic rings. The molecule has 0 saturated heterocycles. The second-order valence-corrected chi connectivity index (χ2v) is 8.30. The maximum atomic E-state index is 10.2. The first-order chi connectivity index (χ1) is 13.4. The summed E-state index contributed by atoms with van der Waals surface area (Å²) < 4.78 is 0. The lowest BCUT2D eigenvalue weighted by atomic mass is 9.73. The lowest BCUT2D eigenvalue weighted by molar-refractivity contribution is 0.00926. The average Bonchev–Trinajstić information content (AvgIpc) is 2.66. The van der Waals surface area contributed by atoms with E-state index in [1.54, 1.807) is 6.20 Å². The van der Waals surface area contributed by atoms with Gasteiger partial charge in [-0.05, 0) is 49.1 Å². The average molecular weight is 380 g/mol. The molecule has 0 bridgehead atoms. The largest absolute Gasteiger partial charge is 0.393 e. The number of hydrogen-bond donors (Lipinski definition) is 3. The zero-order valence-corrected chi connectivity index (χ0v) is 16.9. The number of aliphatic hydroxyl groups is 1. The first-order valence-corrected chi connectivity index (χ1v) is 9.89. The molecule has 0 unspecified atom stereocenters. The van der Waals surface area contributed by atoms with Gasteiger partial charge in [0, 0.05) is 12.6 Å². The van der Waals surface area contributed by atoms with Crippen molar-refractivity contribution >= 4 is 11.8 Å². The lowest BCUT2D eigenvalue weighted by Crippen LogP contribution is -2.41. The van der Waals surface area contributed by atoms with Crippen LogP contribution in [0.3, 0.4) is 0 Å². The van der Waals surface area contributed by atoms with Crippen molar-refractivity contribution in [2.45, 2.75) is 58.6 Å². The van der Waals surface area contributed by atoms with Gasteiger partial charge in [-0.3, -0.25) is 0 Å². The highest BCUT2D eigenvalue weighted by Gasteiger charge is 2.35. The van der Waals surface area contributed by atoms with Crippen LogP contribution in [0.5, 0.6) is 0 Å². The standard InChI is InChI=1S/C22H29N5O/c1-15-6-4-5-7-16(15)10-11-24-21-25-14-17(13-23)20(27-21)26-18-8-9-19(28)22(2,3)12-18/h4-7,14,18-19,28H,8-12H2,1-3H3,(H2,24,25,26,27)/t18-,19+/m1/s1. The van der Waals surface area contributed by atoms with Crippen LogP contribution in [0.25, 0.3) is 0 Å². The number of rotatable bonds is 6. The van der Waals surface area contributed by atoms with E-state index in [1.165, 1.54) is 11.1 Å². The molecule has 3 N–H and O–H groups in total. The Labute approximate surface area is 167 Å². The van der Waals surface area contributed by atoms with Crippen LogP contribution < -0.4 is 10.6 Å². The Morgan fingerprint density at radius 3 is 2.79 bits per heavy atom. The molecular formula is C22H29N5O. The van der Waals surface area contributed by atoms with Gasteiger partial charge in [-0.25, -0.2) is 4.98 Å². The molecule has 1 fully saturated rings. The molecule has 0 radical (unpaired) electrons. The number of aliphatic hydroxyl groups excluding tert-OH is 1. The number of anilines is 2. The minimum atomic E-state index is -0.287. The number of nitrogens with one attached hydrogen (secondary N) is 2. The van der Waals surface area contributed by atoms with Gasteiger partial charge in [0.05, 0.1) is 12.3 Å². The van der Waals surface area contributed by atoms with Gasteiger partial charge >= 0.3 is 0 Å². The highest BCUT2D eigenvalue weighted by Crippen LogP contribution is 2.36. The lowest BCUT2D eigenvalue weighted by Gasteiger charge is -2.40. The van der Waals surface area contributed by atoms with E-state index < -0.39 is 0 Å². The van der Waals surface area contributed by atoms with Crippen LogP contribution in [0.4, 0.5) is 11.8 Å². The number of benzene rings is 1. The van der Waals surface area contributed by atoms with Gasteiger partial charge in [-0.15, -0.1) is 0 Å². The molecule has 3 rings (SSSR count). The van der Waals surface area contributed by atoms with E-state index >= 15 is 0 Å². The summed E-state index contributed by atoms with van der Waals surface area (Å²) in [6.07, 6.45) is 4.60. The van der Waals surface area contributed by atoms with E-state index in [0.29, 0.717) is 17.3 Å². The molecule has 6 heteroatoms. The fourth-order valence-corrected chi connectivity index (χ4v) is 3.80. The van der Waals surface area contributed by atoms with Gasteiger partial charge in [0.15, 0.2) is 0 Å². The van der Waals surface area contributed by atoms with E-state index in [4.69, 9.17) is 0 Å². The van der Waals surface area contributed by atoms with Gasteiger partial charge in [0.1, 0.15) is 17.5 Å². The fraction of sp³-hybridized carbons (Fsp3) is 0.500. The van der Waals surface area contributed by atoms with Gasteiger partial charge in [0.25, 0.3) is 0 Å². The van der Waals surface area contributed by atoms with Crippen molar-refractivity contribution in [3.8, 4) is 6.07 Å². The van der Waals surface area contributed by atoms with E-state index in [1.807, 2.05) is 12.1 Å². The third-order valence-electron chi connectivity index (χ3n) is 5.65. The highest BCUT2D eigenvalue weighted by atomic mass is 16.3. The highest BCUT2D eigenvalue weighted by molar-refractivity contribution is 5.54. The summed E-state index contributed by atoms with van der Waals surface area (Å²) in [5.74, 6) is 1.08. The van der Waals surface area contributed by atoms with Crippen LogP contribution in [-0.2, 0) is 6.42 Å². The molecular weight excluding hydrogens is 350 g/mol. The van der Waals surface area contributed by atoms with Gasteiger partial charge in [0.2, 0.25) is 5.95 Å². The van der Waals surface area contributed by atoms with E-state index in [0.717, 1.165) is 32.2 Å².